The molecule has 2 rings (SSSR count). The number of hydrogen-bond acceptors (Lipinski definition) is 4. The molecule has 134 valence electrons. The normalized spacial score (nSPS) is 17.5. The van der Waals surface area contributed by atoms with Crippen LogP contribution in [0.15, 0.2) is 11.0 Å². The number of carbonyl (C=O) groups is 1. The van der Waals surface area contributed by atoms with Crippen molar-refractivity contribution in [2.45, 2.75) is 57.2 Å². The zero-order valence-corrected chi connectivity index (χ0v) is 16.0. The summed E-state index contributed by atoms with van der Waals surface area (Å²) in [4.78, 5) is 11.0. The Morgan fingerprint density at radius 2 is 1.79 bits per heavy atom. The third kappa shape index (κ3) is 3.22. The van der Waals surface area contributed by atoms with Crippen molar-refractivity contribution < 1.29 is 23.1 Å². The van der Waals surface area contributed by atoms with Crippen molar-refractivity contribution in [3.8, 4) is 5.75 Å². The summed E-state index contributed by atoms with van der Waals surface area (Å²) in [5.74, 6) is -1.01. The van der Waals surface area contributed by atoms with Gasteiger partial charge in [-0.1, -0.05) is 23.2 Å². The molecule has 1 N–H and O–H groups in total. The molecule has 0 spiro atoms. The Kier molecular flexibility index (Phi) is 5.40. The van der Waals surface area contributed by atoms with Crippen LogP contribution in [0.5, 0.6) is 5.75 Å². The number of carboxylic acids is 1. The first-order valence-electron chi connectivity index (χ1n) is 7.42. The summed E-state index contributed by atoms with van der Waals surface area (Å²) < 4.78 is 32.7. The Bertz CT molecular complexity index is 769. The van der Waals surface area contributed by atoms with Crippen molar-refractivity contribution >= 4 is 39.2 Å². The molecule has 0 aromatic heterocycles. The lowest BCUT2D eigenvalue weighted by molar-refractivity contribution is -0.144. The zero-order valence-electron chi connectivity index (χ0n) is 13.7. The highest BCUT2D eigenvalue weighted by Gasteiger charge is 2.37. The van der Waals surface area contributed by atoms with Crippen LogP contribution in [0.3, 0.4) is 0 Å². The maximum absolute atomic E-state index is 13.0. The number of benzene rings is 1. The molecule has 24 heavy (non-hydrogen) atoms. The van der Waals surface area contributed by atoms with Crippen molar-refractivity contribution in [2.75, 3.05) is 0 Å². The van der Waals surface area contributed by atoms with Crippen LogP contribution in [0.25, 0.3) is 0 Å². The average molecular weight is 396 g/mol. The van der Waals surface area contributed by atoms with E-state index in [4.69, 9.17) is 33.0 Å². The molecule has 0 fully saturated rings. The van der Waals surface area contributed by atoms with Crippen LogP contribution in [-0.4, -0.2) is 42.0 Å². The number of ether oxygens (including phenoxy) is 1. The fourth-order valence-electron chi connectivity index (χ4n) is 2.89. The van der Waals surface area contributed by atoms with Crippen LogP contribution in [0.2, 0.25) is 10.0 Å². The fourth-order valence-corrected chi connectivity index (χ4v) is 5.60. The van der Waals surface area contributed by atoms with Crippen LogP contribution in [0.4, 0.5) is 0 Å². The molecular formula is C15H19Cl2NO5S. The predicted molar refractivity (Wildman–Crippen MR) is 91.5 cm³/mol. The van der Waals surface area contributed by atoms with E-state index >= 15 is 0 Å². The molecule has 0 aliphatic carbocycles. The third-order valence-corrected chi connectivity index (χ3v) is 6.96. The number of sulfonamides is 1. The second-order valence-electron chi connectivity index (χ2n) is 6.16. The van der Waals surface area contributed by atoms with E-state index in [1.54, 1.807) is 27.7 Å². The quantitative estimate of drug-likeness (QED) is 0.827. The summed E-state index contributed by atoms with van der Waals surface area (Å²) in [5, 5.41) is 8.84. The fraction of sp³-hybridized carbons (Fsp3) is 0.533. The number of fused-ring (bicyclic) bond motifs is 1. The summed E-state index contributed by atoms with van der Waals surface area (Å²) in [6.07, 6.45) is -1.06. The van der Waals surface area contributed by atoms with E-state index in [0.717, 1.165) is 0 Å². The topological polar surface area (TPSA) is 83.9 Å². The molecule has 0 radical (unpaired) electrons. The molecule has 1 aromatic rings. The van der Waals surface area contributed by atoms with Gasteiger partial charge in [-0.25, -0.2) is 13.2 Å². The second-order valence-corrected chi connectivity index (χ2v) is 8.73. The Balaban J connectivity index is 2.60. The monoisotopic (exact) mass is 395 g/mol. The van der Waals surface area contributed by atoms with E-state index in [1.807, 2.05) is 0 Å². The molecule has 0 saturated heterocycles. The van der Waals surface area contributed by atoms with Crippen molar-refractivity contribution in [3.05, 3.63) is 21.7 Å². The minimum atomic E-state index is -3.90. The predicted octanol–water partition coefficient (Wildman–Crippen LogP) is 3.19. The second kappa shape index (κ2) is 6.71. The van der Waals surface area contributed by atoms with Gasteiger partial charge in [-0.3, -0.25) is 0 Å². The number of hydrogen-bond donors (Lipinski definition) is 1. The molecule has 0 amide bonds. The highest BCUT2D eigenvalue weighted by atomic mass is 35.5. The van der Waals surface area contributed by atoms with Crippen molar-refractivity contribution in [2.24, 2.45) is 0 Å². The molecule has 1 aliphatic rings. The van der Waals surface area contributed by atoms with E-state index in [-0.39, 0.29) is 39.2 Å². The van der Waals surface area contributed by atoms with E-state index in [0.29, 0.717) is 5.56 Å². The molecule has 1 unspecified atom stereocenters. The van der Waals surface area contributed by atoms with Gasteiger partial charge < -0.3 is 9.84 Å². The maximum atomic E-state index is 13.0. The van der Waals surface area contributed by atoms with Crippen molar-refractivity contribution in [3.63, 3.8) is 0 Å². The van der Waals surface area contributed by atoms with Crippen LogP contribution in [0.1, 0.15) is 33.3 Å². The van der Waals surface area contributed by atoms with Gasteiger partial charge in [-0.05, 0) is 33.8 Å². The van der Waals surface area contributed by atoms with Gasteiger partial charge in [0.2, 0.25) is 10.0 Å². The minimum absolute atomic E-state index is 0.0352. The Morgan fingerprint density at radius 3 is 2.25 bits per heavy atom. The van der Waals surface area contributed by atoms with Gasteiger partial charge in [-0.2, -0.15) is 4.31 Å². The van der Waals surface area contributed by atoms with Crippen LogP contribution in [0, 0.1) is 0 Å². The first-order valence-corrected chi connectivity index (χ1v) is 9.62. The van der Waals surface area contributed by atoms with Crippen LogP contribution >= 0.6 is 23.2 Å². The average Bonchev–Trinajstić information content (AvgIpc) is 2.85. The number of rotatable bonds is 5. The summed E-state index contributed by atoms with van der Waals surface area (Å²) in [6, 6.07) is 0.807. The third-order valence-electron chi connectivity index (χ3n) is 3.72. The molecule has 6 nitrogen and oxygen atoms in total. The van der Waals surface area contributed by atoms with Crippen LogP contribution < -0.4 is 4.74 Å². The number of nitrogens with zero attached hydrogens (tertiary/aromatic N) is 1. The lowest BCUT2D eigenvalue weighted by atomic mass is 10.1. The summed E-state index contributed by atoms with van der Waals surface area (Å²) in [5.41, 5.74) is 0.419. The van der Waals surface area contributed by atoms with E-state index < -0.39 is 22.1 Å². The molecule has 1 aromatic carbocycles. The molecule has 1 atom stereocenters. The van der Waals surface area contributed by atoms with Gasteiger partial charge in [-0.15, -0.1) is 0 Å². The molecule has 9 heteroatoms. The molecule has 1 heterocycles. The Labute approximate surface area is 151 Å². The number of halogens is 2. The lowest BCUT2D eigenvalue weighted by Crippen LogP contribution is -2.42. The van der Waals surface area contributed by atoms with Gasteiger partial charge in [0.15, 0.2) is 6.10 Å². The summed E-state index contributed by atoms with van der Waals surface area (Å²) >= 11 is 12.3. The summed E-state index contributed by atoms with van der Waals surface area (Å²) in [7, 11) is -3.90. The smallest absolute Gasteiger partial charge is 0.345 e. The molecule has 0 saturated carbocycles. The van der Waals surface area contributed by atoms with Crippen LogP contribution in [-0.2, 0) is 21.2 Å². The maximum Gasteiger partial charge on any atom is 0.345 e. The molecule has 1 aliphatic heterocycles. The van der Waals surface area contributed by atoms with Gasteiger partial charge in [0.05, 0.1) is 5.02 Å². The van der Waals surface area contributed by atoms with Gasteiger partial charge in [0, 0.05) is 24.1 Å². The highest BCUT2D eigenvalue weighted by Crippen LogP contribution is 2.44. The van der Waals surface area contributed by atoms with Crippen molar-refractivity contribution in [1.82, 2.24) is 4.31 Å². The van der Waals surface area contributed by atoms with Crippen molar-refractivity contribution in [1.29, 1.82) is 0 Å². The molecular weight excluding hydrogens is 377 g/mol. The lowest BCUT2D eigenvalue weighted by Gasteiger charge is -2.30. The standard InChI is InChI=1S/C15H19Cl2NO5S/c1-7(2)18(8(3)4)24(21,22)11-6-9-5-10(15(19)20)23-14(9)13(17)12(11)16/h6-8,10H,5H2,1-4H3,(H,19,20). The molecule has 0 bridgehead atoms. The van der Waals surface area contributed by atoms with E-state index in [9.17, 15) is 13.2 Å². The number of aliphatic carboxylic acids is 1. The van der Waals surface area contributed by atoms with Gasteiger partial charge in [0.1, 0.15) is 15.7 Å². The zero-order chi connectivity index (χ0) is 18.4. The first-order chi connectivity index (χ1) is 11.0. The largest absolute Gasteiger partial charge is 0.478 e. The van der Waals surface area contributed by atoms with E-state index in [2.05, 4.69) is 0 Å². The Morgan fingerprint density at radius 1 is 1.25 bits per heavy atom. The van der Waals surface area contributed by atoms with Gasteiger partial charge in [0.25, 0.3) is 0 Å². The van der Waals surface area contributed by atoms with Gasteiger partial charge >= 0.3 is 5.97 Å². The minimum Gasteiger partial charge on any atom is -0.478 e. The summed E-state index contributed by atoms with van der Waals surface area (Å²) in [6.45, 7) is 7.07. The number of carboxylic acid groups (broad SMARTS) is 1. The van der Waals surface area contributed by atoms with E-state index in [1.165, 1.54) is 10.4 Å². The SMILES string of the molecule is CC(C)N(C(C)C)S(=O)(=O)c1cc2c(c(Cl)c1Cl)OC(C(=O)O)C2. The Hall–Kier alpha value is -1.02. The highest BCUT2D eigenvalue weighted by molar-refractivity contribution is 7.89. The first kappa shape index (κ1) is 19.3.